The number of rotatable bonds is 3. The van der Waals surface area contributed by atoms with Gasteiger partial charge in [0.15, 0.2) is 5.69 Å². The molecule has 0 aromatic carbocycles. The number of halogens is 4. The second kappa shape index (κ2) is 4.95. The van der Waals surface area contributed by atoms with Crippen molar-refractivity contribution in [3.8, 4) is 0 Å². The lowest BCUT2D eigenvalue weighted by atomic mass is 10.2. The molecule has 0 unspecified atom stereocenters. The van der Waals surface area contributed by atoms with Crippen LogP contribution in [0.3, 0.4) is 0 Å². The van der Waals surface area contributed by atoms with E-state index in [9.17, 15) is 23.7 Å². The van der Waals surface area contributed by atoms with Crippen molar-refractivity contribution in [3.63, 3.8) is 0 Å². The average molecular weight is 362 g/mol. The van der Waals surface area contributed by atoms with E-state index < -0.39 is 33.5 Å². The highest BCUT2D eigenvalue weighted by molar-refractivity contribution is 14.1. The van der Waals surface area contributed by atoms with Crippen molar-refractivity contribution < 1.29 is 18.5 Å². The molecule has 1 aromatic heterocycles. The zero-order valence-electron chi connectivity index (χ0n) is 7.29. The number of pyridine rings is 1. The van der Waals surface area contributed by atoms with Crippen molar-refractivity contribution in [2.75, 3.05) is 0 Å². The number of carbonyl (C=O) groups excluding carboxylic acids is 1. The molecule has 5 nitrogen and oxygen atoms in total. The molecule has 0 aliphatic rings. The van der Waals surface area contributed by atoms with Crippen LogP contribution in [0.2, 0.25) is 0 Å². The van der Waals surface area contributed by atoms with Gasteiger partial charge in [0.05, 0.1) is 8.49 Å². The smallest absolute Gasteiger partial charge is 0.275 e. The first-order valence-electron chi connectivity index (χ1n) is 3.67. The molecule has 0 amide bonds. The highest BCUT2D eigenvalue weighted by Gasteiger charge is 2.31. The highest BCUT2D eigenvalue weighted by Crippen LogP contribution is 2.33. The van der Waals surface area contributed by atoms with Crippen LogP contribution in [-0.2, 0) is 0 Å². The first kappa shape index (κ1) is 13.2. The number of hydrogen-bond donors (Lipinski definition) is 0. The van der Waals surface area contributed by atoms with Crippen LogP contribution in [0.5, 0.6) is 0 Å². The maximum absolute atomic E-state index is 12.4. The van der Waals surface area contributed by atoms with Crippen LogP contribution in [-0.4, -0.2) is 15.1 Å². The molecule has 9 heteroatoms. The van der Waals surface area contributed by atoms with Gasteiger partial charge in [-0.05, 0) is 34.2 Å². The molecule has 1 heterocycles. The largest absolute Gasteiger partial charge is 0.309 e. The van der Waals surface area contributed by atoms with Gasteiger partial charge < -0.3 is 0 Å². The van der Waals surface area contributed by atoms with Gasteiger partial charge in [0.2, 0.25) is 0 Å². The Bertz CT molecular complexity index is 469. The zero-order valence-corrected chi connectivity index (χ0v) is 10.2. The molecule has 1 rings (SSSR count). The summed E-state index contributed by atoms with van der Waals surface area (Å²) < 4.78 is 24.9. The van der Waals surface area contributed by atoms with Crippen LogP contribution in [0.25, 0.3) is 0 Å². The summed E-state index contributed by atoms with van der Waals surface area (Å²) in [5.41, 5.74) is -2.66. The summed E-state index contributed by atoms with van der Waals surface area (Å²) in [6.45, 7) is 0. The van der Waals surface area contributed by atoms with Crippen molar-refractivity contribution in [1.29, 1.82) is 0 Å². The van der Waals surface area contributed by atoms with Gasteiger partial charge in [-0.15, -0.1) is 0 Å². The minimum absolute atomic E-state index is 0.0497. The Labute approximate surface area is 106 Å². The Morgan fingerprint density at radius 2 is 2.19 bits per heavy atom. The third kappa shape index (κ3) is 2.43. The maximum Gasteiger partial charge on any atom is 0.309 e. The monoisotopic (exact) mass is 362 g/mol. The number of nitrogens with zero attached hydrogens (tertiary/aromatic N) is 2. The summed E-state index contributed by atoms with van der Waals surface area (Å²) in [6.07, 6.45) is -2.21. The third-order valence-corrected chi connectivity index (χ3v) is 2.63. The molecule has 0 spiro atoms. The van der Waals surface area contributed by atoms with Crippen molar-refractivity contribution in [2.45, 2.75) is 6.43 Å². The van der Waals surface area contributed by atoms with Crippen LogP contribution in [0.4, 0.5) is 14.5 Å². The first-order chi connectivity index (χ1) is 7.36. The number of aromatic nitrogens is 1. The second-order valence-corrected chi connectivity index (χ2v) is 4.05. The SMILES string of the molecule is O=C(Cl)c1c(I)cnc(C(F)F)c1[N+](=O)[O-]. The molecule has 16 heavy (non-hydrogen) atoms. The van der Waals surface area contributed by atoms with E-state index in [1.54, 1.807) is 22.6 Å². The second-order valence-electron chi connectivity index (χ2n) is 2.55. The molecule has 0 aliphatic carbocycles. The lowest BCUT2D eigenvalue weighted by Crippen LogP contribution is -2.07. The van der Waals surface area contributed by atoms with Crippen LogP contribution >= 0.6 is 34.2 Å². The van der Waals surface area contributed by atoms with Crippen molar-refractivity contribution >= 4 is 45.1 Å². The molecular weight excluding hydrogens is 360 g/mol. The fraction of sp³-hybridized carbons (Fsp3) is 0.143. The standard InChI is InChI=1S/C7H2ClF2IN2O3/c8-6(14)3-2(11)1-12-4(7(9)10)5(3)13(15)16/h1,7H. The minimum Gasteiger partial charge on any atom is -0.275 e. The van der Waals surface area contributed by atoms with Crippen molar-refractivity contribution in [3.05, 3.63) is 31.1 Å². The van der Waals surface area contributed by atoms with Gasteiger partial charge in [-0.3, -0.25) is 14.9 Å². The minimum atomic E-state index is -3.15. The third-order valence-electron chi connectivity index (χ3n) is 1.62. The summed E-state index contributed by atoms with van der Waals surface area (Å²) >= 11 is 6.67. The van der Waals surface area contributed by atoms with E-state index in [0.29, 0.717) is 0 Å². The van der Waals surface area contributed by atoms with Gasteiger partial charge in [0.1, 0.15) is 5.56 Å². The molecule has 0 aliphatic heterocycles. The van der Waals surface area contributed by atoms with E-state index in [1.807, 2.05) is 0 Å². The molecule has 0 N–H and O–H groups in total. The van der Waals surface area contributed by atoms with Crippen LogP contribution in [0.15, 0.2) is 6.20 Å². The van der Waals surface area contributed by atoms with E-state index in [2.05, 4.69) is 4.98 Å². The molecular formula is C7H2ClF2IN2O3. The maximum atomic E-state index is 12.4. The van der Waals surface area contributed by atoms with Gasteiger partial charge in [-0.2, -0.15) is 0 Å². The van der Waals surface area contributed by atoms with E-state index >= 15 is 0 Å². The van der Waals surface area contributed by atoms with E-state index in [4.69, 9.17) is 11.6 Å². The zero-order chi connectivity index (χ0) is 12.5. The Morgan fingerprint density at radius 3 is 2.56 bits per heavy atom. The van der Waals surface area contributed by atoms with Gasteiger partial charge in [-0.1, -0.05) is 0 Å². The van der Waals surface area contributed by atoms with Gasteiger partial charge >= 0.3 is 5.69 Å². The fourth-order valence-corrected chi connectivity index (χ4v) is 2.01. The van der Waals surface area contributed by atoms with E-state index in [0.717, 1.165) is 6.20 Å². The summed E-state index contributed by atoms with van der Waals surface area (Å²) in [7, 11) is 0. The first-order valence-corrected chi connectivity index (χ1v) is 5.12. The topological polar surface area (TPSA) is 73.1 Å². The molecule has 0 radical (unpaired) electrons. The van der Waals surface area contributed by atoms with E-state index in [-0.39, 0.29) is 3.57 Å². The number of hydrogen-bond acceptors (Lipinski definition) is 4. The van der Waals surface area contributed by atoms with Gasteiger partial charge in [0, 0.05) is 6.20 Å². The lowest BCUT2D eigenvalue weighted by molar-refractivity contribution is -0.386. The molecule has 0 atom stereocenters. The highest BCUT2D eigenvalue weighted by atomic mass is 127. The van der Waals surface area contributed by atoms with Crippen LogP contribution < -0.4 is 0 Å². The predicted octanol–water partition coefficient (Wildman–Crippen LogP) is 2.91. The van der Waals surface area contributed by atoms with Gasteiger partial charge in [0.25, 0.3) is 11.7 Å². The van der Waals surface area contributed by atoms with Crippen molar-refractivity contribution in [1.82, 2.24) is 4.98 Å². The van der Waals surface area contributed by atoms with Crippen LogP contribution in [0, 0.1) is 13.7 Å². The molecule has 0 saturated heterocycles. The number of nitro groups is 1. The Kier molecular flexibility index (Phi) is 4.08. The summed E-state index contributed by atoms with van der Waals surface area (Å²) in [5, 5.41) is 9.46. The van der Waals surface area contributed by atoms with Crippen LogP contribution in [0.1, 0.15) is 22.5 Å². The molecule has 0 saturated carbocycles. The molecule has 0 fully saturated rings. The van der Waals surface area contributed by atoms with E-state index in [1.165, 1.54) is 0 Å². The number of alkyl halides is 2. The Balaban J connectivity index is 3.63. The summed E-state index contributed by atoms with van der Waals surface area (Å²) in [5.74, 6) is 0. The summed E-state index contributed by atoms with van der Waals surface area (Å²) in [6, 6.07) is 0. The van der Waals surface area contributed by atoms with Gasteiger partial charge in [-0.25, -0.2) is 13.8 Å². The Hall–Kier alpha value is -0.900. The normalized spacial score (nSPS) is 10.6. The molecule has 0 bridgehead atoms. The average Bonchev–Trinajstić information content (AvgIpc) is 2.15. The fourth-order valence-electron chi connectivity index (χ4n) is 1.02. The molecule has 86 valence electrons. The number of carbonyl (C=O) groups is 1. The summed E-state index contributed by atoms with van der Waals surface area (Å²) in [4.78, 5) is 23.7. The Morgan fingerprint density at radius 1 is 1.62 bits per heavy atom. The lowest BCUT2D eigenvalue weighted by Gasteiger charge is -2.05. The molecule has 1 aromatic rings. The quantitative estimate of drug-likeness (QED) is 0.359. The predicted molar refractivity (Wildman–Crippen MR) is 58.7 cm³/mol. The van der Waals surface area contributed by atoms with Crippen molar-refractivity contribution in [2.24, 2.45) is 0 Å².